The van der Waals surface area contributed by atoms with Gasteiger partial charge in [0.05, 0.1) is 18.7 Å². The lowest BCUT2D eigenvalue weighted by atomic mass is 9.76. The second kappa shape index (κ2) is 11.1. The summed E-state index contributed by atoms with van der Waals surface area (Å²) in [5.41, 5.74) is 7.11. The van der Waals surface area contributed by atoms with Crippen LogP contribution < -0.4 is 9.64 Å². The van der Waals surface area contributed by atoms with Gasteiger partial charge in [0.25, 0.3) is 0 Å². The summed E-state index contributed by atoms with van der Waals surface area (Å²) in [6, 6.07) is 14.5. The van der Waals surface area contributed by atoms with Gasteiger partial charge in [0, 0.05) is 42.0 Å². The SMILES string of the molecule is Cc1nc(C)c(-c2ccc(OCCc3ccc(F)cc3)cc2)c(N2CCC3(CCCC3)CC2)c1CC(=O)O. The monoisotopic (exact) mass is 516 g/mol. The van der Waals surface area contributed by atoms with Gasteiger partial charge in [-0.05, 0) is 80.3 Å². The molecule has 1 N–H and O–H groups in total. The van der Waals surface area contributed by atoms with Gasteiger partial charge in [-0.1, -0.05) is 37.1 Å². The molecule has 200 valence electrons. The largest absolute Gasteiger partial charge is 0.493 e. The summed E-state index contributed by atoms with van der Waals surface area (Å²) in [5, 5.41) is 9.75. The van der Waals surface area contributed by atoms with Crippen LogP contribution in [0.4, 0.5) is 10.1 Å². The number of halogens is 1. The topological polar surface area (TPSA) is 62.7 Å². The molecule has 1 spiro atoms. The molecule has 2 aromatic carbocycles. The number of aromatic nitrogens is 1. The first-order valence-corrected chi connectivity index (χ1v) is 13.8. The molecule has 1 aliphatic carbocycles. The molecule has 38 heavy (non-hydrogen) atoms. The van der Waals surface area contributed by atoms with Crippen LogP contribution in [0.25, 0.3) is 11.1 Å². The summed E-state index contributed by atoms with van der Waals surface area (Å²) in [4.78, 5) is 19.1. The van der Waals surface area contributed by atoms with E-state index in [4.69, 9.17) is 9.72 Å². The van der Waals surface area contributed by atoms with Crippen LogP contribution in [0.2, 0.25) is 0 Å². The summed E-state index contributed by atoms with van der Waals surface area (Å²) in [7, 11) is 0. The number of hydrogen-bond acceptors (Lipinski definition) is 4. The highest BCUT2D eigenvalue weighted by molar-refractivity contribution is 5.86. The molecule has 1 saturated heterocycles. The zero-order valence-corrected chi connectivity index (χ0v) is 22.4. The number of carbonyl (C=O) groups is 1. The van der Waals surface area contributed by atoms with E-state index in [1.165, 1.54) is 50.7 Å². The van der Waals surface area contributed by atoms with Crippen molar-refractivity contribution in [1.82, 2.24) is 4.98 Å². The van der Waals surface area contributed by atoms with Crippen LogP contribution in [0.3, 0.4) is 0 Å². The van der Waals surface area contributed by atoms with Crippen LogP contribution in [0.15, 0.2) is 48.5 Å². The number of ether oxygens (including phenoxy) is 1. The number of pyridine rings is 1. The standard InChI is InChI=1S/C32H37FN2O3/c1-22-28(21-29(36)37)31(35-18-16-32(17-19-35)14-3-4-15-32)30(23(2)34-22)25-7-11-27(12-8-25)38-20-13-24-5-9-26(33)10-6-24/h5-12H,3-4,13-21H2,1-2H3,(H,36,37). The Kier molecular flexibility index (Phi) is 7.68. The first-order chi connectivity index (χ1) is 18.3. The molecule has 0 amide bonds. The highest BCUT2D eigenvalue weighted by Crippen LogP contribution is 2.48. The third-order valence-corrected chi connectivity index (χ3v) is 8.50. The molecular weight excluding hydrogens is 479 g/mol. The number of nitrogens with zero attached hydrogens (tertiary/aromatic N) is 2. The van der Waals surface area contributed by atoms with Gasteiger partial charge in [0.1, 0.15) is 11.6 Å². The maximum absolute atomic E-state index is 13.1. The van der Waals surface area contributed by atoms with E-state index in [1.807, 2.05) is 38.1 Å². The number of aryl methyl sites for hydroxylation is 2. The van der Waals surface area contributed by atoms with E-state index in [9.17, 15) is 14.3 Å². The molecule has 3 aromatic rings. The fraction of sp³-hybridized carbons (Fsp3) is 0.438. The summed E-state index contributed by atoms with van der Waals surface area (Å²) in [6.45, 7) is 6.35. The minimum atomic E-state index is -0.833. The third-order valence-electron chi connectivity index (χ3n) is 8.50. The molecule has 0 unspecified atom stereocenters. The van der Waals surface area contributed by atoms with Crippen molar-refractivity contribution in [2.75, 3.05) is 24.6 Å². The molecule has 0 bridgehead atoms. The van der Waals surface area contributed by atoms with Gasteiger partial charge >= 0.3 is 5.97 Å². The Morgan fingerprint density at radius 3 is 2.26 bits per heavy atom. The van der Waals surface area contributed by atoms with E-state index in [0.29, 0.717) is 18.4 Å². The van der Waals surface area contributed by atoms with Gasteiger partial charge in [-0.2, -0.15) is 0 Å². The van der Waals surface area contributed by atoms with E-state index < -0.39 is 5.97 Å². The maximum atomic E-state index is 13.1. The van der Waals surface area contributed by atoms with Crippen molar-refractivity contribution in [2.24, 2.45) is 5.41 Å². The Balaban J connectivity index is 1.40. The number of hydrogen-bond donors (Lipinski definition) is 1. The Hall–Kier alpha value is -3.41. The van der Waals surface area contributed by atoms with Crippen molar-refractivity contribution in [2.45, 2.75) is 65.2 Å². The van der Waals surface area contributed by atoms with Crippen LogP contribution in [-0.2, 0) is 17.6 Å². The van der Waals surface area contributed by atoms with E-state index in [2.05, 4.69) is 4.90 Å². The lowest BCUT2D eigenvalue weighted by Crippen LogP contribution is -2.40. The third kappa shape index (κ3) is 5.69. The van der Waals surface area contributed by atoms with Crippen molar-refractivity contribution in [1.29, 1.82) is 0 Å². The highest BCUT2D eigenvalue weighted by atomic mass is 19.1. The van der Waals surface area contributed by atoms with Crippen LogP contribution in [0.1, 0.15) is 61.0 Å². The normalized spacial score (nSPS) is 16.7. The Morgan fingerprint density at radius 2 is 1.63 bits per heavy atom. The predicted molar refractivity (Wildman–Crippen MR) is 148 cm³/mol. The molecule has 1 aromatic heterocycles. The Bertz CT molecular complexity index is 1270. The first-order valence-electron chi connectivity index (χ1n) is 13.8. The van der Waals surface area contributed by atoms with Crippen LogP contribution in [0, 0.1) is 25.1 Å². The molecular formula is C32H37FN2O3. The smallest absolute Gasteiger partial charge is 0.307 e. The van der Waals surface area contributed by atoms with Gasteiger partial charge in [-0.3, -0.25) is 9.78 Å². The van der Waals surface area contributed by atoms with Crippen LogP contribution in [0.5, 0.6) is 5.75 Å². The zero-order chi connectivity index (χ0) is 26.7. The van der Waals surface area contributed by atoms with Gasteiger partial charge in [0.2, 0.25) is 0 Å². The fourth-order valence-corrected chi connectivity index (χ4v) is 6.41. The number of anilines is 1. The first kappa shape index (κ1) is 26.2. The second-order valence-electron chi connectivity index (χ2n) is 11.0. The van der Waals surface area contributed by atoms with Crippen molar-refractivity contribution >= 4 is 11.7 Å². The molecule has 5 nitrogen and oxygen atoms in total. The summed E-state index contributed by atoms with van der Waals surface area (Å²) in [5.74, 6) is -0.304. The fourth-order valence-electron chi connectivity index (χ4n) is 6.41. The van der Waals surface area contributed by atoms with Gasteiger partial charge in [-0.25, -0.2) is 4.39 Å². The van der Waals surface area contributed by atoms with E-state index in [0.717, 1.165) is 58.2 Å². The van der Waals surface area contributed by atoms with Gasteiger partial charge < -0.3 is 14.7 Å². The lowest BCUT2D eigenvalue weighted by molar-refractivity contribution is -0.136. The van der Waals surface area contributed by atoms with E-state index in [-0.39, 0.29) is 12.2 Å². The summed E-state index contributed by atoms with van der Waals surface area (Å²) < 4.78 is 19.1. The molecule has 2 fully saturated rings. The average molecular weight is 517 g/mol. The molecule has 2 heterocycles. The molecule has 0 radical (unpaired) electrons. The van der Waals surface area contributed by atoms with Gasteiger partial charge in [-0.15, -0.1) is 0 Å². The number of piperidine rings is 1. The average Bonchev–Trinajstić information content (AvgIpc) is 3.35. The van der Waals surface area contributed by atoms with Crippen molar-refractivity contribution in [3.63, 3.8) is 0 Å². The minimum absolute atomic E-state index is 0.0341. The van der Waals surface area contributed by atoms with E-state index >= 15 is 0 Å². The maximum Gasteiger partial charge on any atom is 0.307 e. The quantitative estimate of drug-likeness (QED) is 0.352. The molecule has 6 heteroatoms. The van der Waals surface area contributed by atoms with Crippen molar-refractivity contribution in [3.8, 4) is 16.9 Å². The van der Waals surface area contributed by atoms with E-state index in [1.54, 1.807) is 12.1 Å². The predicted octanol–water partition coefficient (Wildman–Crippen LogP) is 6.91. The van der Waals surface area contributed by atoms with Crippen molar-refractivity contribution in [3.05, 3.63) is 76.9 Å². The number of aliphatic carboxylic acids is 1. The minimum Gasteiger partial charge on any atom is -0.493 e. The number of carboxylic acid groups (broad SMARTS) is 1. The molecule has 2 aliphatic rings. The Morgan fingerprint density at radius 1 is 0.974 bits per heavy atom. The molecule has 5 rings (SSSR count). The van der Waals surface area contributed by atoms with Crippen LogP contribution in [-0.4, -0.2) is 35.8 Å². The molecule has 1 aliphatic heterocycles. The second-order valence-corrected chi connectivity index (χ2v) is 11.0. The Labute approximate surface area is 224 Å². The number of benzene rings is 2. The zero-order valence-electron chi connectivity index (χ0n) is 22.4. The molecule has 1 saturated carbocycles. The lowest BCUT2D eigenvalue weighted by Gasteiger charge is -2.42. The summed E-state index contributed by atoms with van der Waals surface area (Å²) >= 11 is 0. The van der Waals surface area contributed by atoms with Crippen LogP contribution >= 0.6 is 0 Å². The number of carboxylic acids is 1. The summed E-state index contributed by atoms with van der Waals surface area (Å²) in [6.07, 6.45) is 8.32. The molecule has 0 atom stereocenters. The highest BCUT2D eigenvalue weighted by Gasteiger charge is 2.38. The van der Waals surface area contributed by atoms with Gasteiger partial charge in [0.15, 0.2) is 0 Å². The number of rotatable bonds is 8. The van der Waals surface area contributed by atoms with Crippen molar-refractivity contribution < 1.29 is 19.0 Å².